The Morgan fingerprint density at radius 3 is 2.71 bits per heavy atom. The molecule has 0 saturated carbocycles. The number of hydrogen-bond donors (Lipinski definition) is 0. The zero-order valence-corrected chi connectivity index (χ0v) is 12.9. The zero-order chi connectivity index (χ0) is 15.2. The second-order valence-corrected chi connectivity index (χ2v) is 5.18. The van der Waals surface area contributed by atoms with Gasteiger partial charge >= 0.3 is 5.97 Å². The number of ether oxygens (including phenoxy) is 3. The van der Waals surface area contributed by atoms with Crippen molar-refractivity contribution in [1.82, 2.24) is 4.90 Å². The number of piperidine rings is 1. The van der Waals surface area contributed by atoms with Crippen molar-refractivity contribution in [1.29, 1.82) is 0 Å². The number of carbonyl (C=O) groups is 1. The van der Waals surface area contributed by atoms with Crippen LogP contribution >= 0.6 is 0 Å². The molecule has 0 aliphatic carbocycles. The van der Waals surface area contributed by atoms with E-state index in [-0.39, 0.29) is 12.0 Å². The maximum absolute atomic E-state index is 11.9. The molecule has 0 amide bonds. The third-order valence-electron chi connectivity index (χ3n) is 3.95. The van der Waals surface area contributed by atoms with Gasteiger partial charge in [-0.25, -0.2) is 0 Å². The SMILES string of the molecule is COC(=O)C1CCCCN1Cc1cc(OC)ccc1OC. The normalized spacial score (nSPS) is 19.1. The van der Waals surface area contributed by atoms with Crippen LogP contribution in [0.5, 0.6) is 11.5 Å². The fraction of sp³-hybridized carbons (Fsp3) is 0.562. The summed E-state index contributed by atoms with van der Waals surface area (Å²) >= 11 is 0. The van der Waals surface area contributed by atoms with Crippen LogP contribution in [-0.2, 0) is 16.1 Å². The molecule has 21 heavy (non-hydrogen) atoms. The number of methoxy groups -OCH3 is 3. The van der Waals surface area contributed by atoms with Crippen molar-refractivity contribution < 1.29 is 19.0 Å². The molecule has 2 rings (SSSR count). The molecular weight excluding hydrogens is 270 g/mol. The predicted octanol–water partition coefficient (Wildman–Crippen LogP) is 2.23. The Kier molecular flexibility index (Phi) is 5.44. The molecule has 1 aromatic carbocycles. The topological polar surface area (TPSA) is 48.0 Å². The van der Waals surface area contributed by atoms with Crippen LogP contribution in [0.15, 0.2) is 18.2 Å². The lowest BCUT2D eigenvalue weighted by Crippen LogP contribution is -2.44. The van der Waals surface area contributed by atoms with Crippen molar-refractivity contribution in [2.75, 3.05) is 27.9 Å². The summed E-state index contributed by atoms with van der Waals surface area (Å²) in [5, 5.41) is 0. The molecule has 5 nitrogen and oxygen atoms in total. The van der Waals surface area contributed by atoms with Crippen LogP contribution in [0.1, 0.15) is 24.8 Å². The van der Waals surface area contributed by atoms with Crippen LogP contribution in [0.2, 0.25) is 0 Å². The number of rotatable bonds is 5. The van der Waals surface area contributed by atoms with E-state index in [1.165, 1.54) is 7.11 Å². The summed E-state index contributed by atoms with van der Waals surface area (Å²) in [5.41, 5.74) is 1.02. The Labute approximate surface area is 125 Å². The van der Waals surface area contributed by atoms with E-state index in [0.717, 1.165) is 42.9 Å². The summed E-state index contributed by atoms with van der Waals surface area (Å²) in [6, 6.07) is 5.56. The van der Waals surface area contributed by atoms with E-state index in [1.807, 2.05) is 18.2 Å². The molecule has 116 valence electrons. The minimum Gasteiger partial charge on any atom is -0.497 e. The van der Waals surface area contributed by atoms with Crippen molar-refractivity contribution in [3.05, 3.63) is 23.8 Å². The fourth-order valence-electron chi connectivity index (χ4n) is 2.81. The van der Waals surface area contributed by atoms with Gasteiger partial charge in [0.25, 0.3) is 0 Å². The number of likely N-dealkylation sites (tertiary alicyclic amines) is 1. The number of esters is 1. The molecule has 0 spiro atoms. The predicted molar refractivity (Wildman–Crippen MR) is 79.6 cm³/mol. The Hall–Kier alpha value is -1.75. The van der Waals surface area contributed by atoms with Gasteiger partial charge in [-0.1, -0.05) is 6.42 Å². The van der Waals surface area contributed by atoms with Crippen LogP contribution < -0.4 is 9.47 Å². The molecule has 1 heterocycles. The van der Waals surface area contributed by atoms with Crippen molar-refractivity contribution in [3.63, 3.8) is 0 Å². The van der Waals surface area contributed by atoms with E-state index < -0.39 is 0 Å². The maximum Gasteiger partial charge on any atom is 0.323 e. The van der Waals surface area contributed by atoms with E-state index >= 15 is 0 Å². The van der Waals surface area contributed by atoms with Crippen LogP contribution in [0.25, 0.3) is 0 Å². The average Bonchev–Trinajstić information content (AvgIpc) is 2.54. The summed E-state index contributed by atoms with van der Waals surface area (Å²) in [7, 11) is 4.74. The van der Waals surface area contributed by atoms with Crippen LogP contribution in [0.3, 0.4) is 0 Å². The van der Waals surface area contributed by atoms with Gasteiger partial charge < -0.3 is 14.2 Å². The molecule has 1 fully saturated rings. The Balaban J connectivity index is 2.20. The van der Waals surface area contributed by atoms with Gasteiger partial charge in [-0.3, -0.25) is 9.69 Å². The summed E-state index contributed by atoms with van der Waals surface area (Å²) in [4.78, 5) is 14.1. The van der Waals surface area contributed by atoms with Gasteiger partial charge in [0.05, 0.1) is 21.3 Å². The van der Waals surface area contributed by atoms with E-state index in [2.05, 4.69) is 4.90 Å². The zero-order valence-electron chi connectivity index (χ0n) is 12.9. The smallest absolute Gasteiger partial charge is 0.323 e. The van der Waals surface area contributed by atoms with Gasteiger partial charge in [0.2, 0.25) is 0 Å². The molecule has 1 saturated heterocycles. The van der Waals surface area contributed by atoms with Crippen molar-refractivity contribution in [2.24, 2.45) is 0 Å². The molecule has 1 aromatic rings. The molecule has 1 aliphatic rings. The summed E-state index contributed by atoms with van der Waals surface area (Å²) in [6.45, 7) is 1.54. The summed E-state index contributed by atoms with van der Waals surface area (Å²) < 4.78 is 15.6. The maximum atomic E-state index is 11.9. The first-order valence-electron chi connectivity index (χ1n) is 7.22. The molecule has 0 radical (unpaired) electrons. The van der Waals surface area contributed by atoms with E-state index in [9.17, 15) is 4.79 Å². The molecule has 0 N–H and O–H groups in total. The highest BCUT2D eigenvalue weighted by atomic mass is 16.5. The molecule has 1 aliphatic heterocycles. The Bertz CT molecular complexity index is 489. The summed E-state index contributed by atoms with van der Waals surface area (Å²) in [5.74, 6) is 1.44. The molecule has 5 heteroatoms. The molecule has 0 bridgehead atoms. The first-order chi connectivity index (χ1) is 10.2. The third-order valence-corrected chi connectivity index (χ3v) is 3.95. The second kappa shape index (κ2) is 7.31. The van der Waals surface area contributed by atoms with Gasteiger partial charge in [0.15, 0.2) is 0 Å². The largest absolute Gasteiger partial charge is 0.497 e. The first kappa shape index (κ1) is 15.6. The van der Waals surface area contributed by atoms with Crippen LogP contribution in [-0.4, -0.2) is 44.8 Å². The van der Waals surface area contributed by atoms with Gasteiger partial charge in [-0.15, -0.1) is 0 Å². The highest BCUT2D eigenvalue weighted by Gasteiger charge is 2.29. The van der Waals surface area contributed by atoms with Gasteiger partial charge in [0, 0.05) is 12.1 Å². The van der Waals surface area contributed by atoms with Crippen molar-refractivity contribution >= 4 is 5.97 Å². The lowest BCUT2D eigenvalue weighted by molar-refractivity contribution is -0.148. The lowest BCUT2D eigenvalue weighted by atomic mass is 10.0. The fourth-order valence-corrected chi connectivity index (χ4v) is 2.81. The number of carbonyl (C=O) groups excluding carboxylic acids is 1. The molecule has 1 unspecified atom stereocenters. The minimum absolute atomic E-state index is 0.156. The molecule has 0 aromatic heterocycles. The van der Waals surface area contributed by atoms with Gasteiger partial charge in [0.1, 0.15) is 17.5 Å². The van der Waals surface area contributed by atoms with E-state index in [0.29, 0.717) is 6.54 Å². The Morgan fingerprint density at radius 1 is 1.24 bits per heavy atom. The molecular formula is C16H23NO4. The van der Waals surface area contributed by atoms with E-state index in [1.54, 1.807) is 14.2 Å². The first-order valence-corrected chi connectivity index (χ1v) is 7.22. The van der Waals surface area contributed by atoms with Crippen molar-refractivity contribution in [2.45, 2.75) is 31.8 Å². The highest BCUT2D eigenvalue weighted by Crippen LogP contribution is 2.28. The number of hydrogen-bond acceptors (Lipinski definition) is 5. The summed E-state index contributed by atoms with van der Waals surface area (Å²) in [6.07, 6.45) is 3.00. The van der Waals surface area contributed by atoms with Gasteiger partial charge in [-0.05, 0) is 37.6 Å². The lowest BCUT2D eigenvalue weighted by Gasteiger charge is -2.34. The highest BCUT2D eigenvalue weighted by molar-refractivity contribution is 5.75. The number of nitrogens with zero attached hydrogens (tertiary/aromatic N) is 1. The van der Waals surface area contributed by atoms with Crippen LogP contribution in [0, 0.1) is 0 Å². The Morgan fingerprint density at radius 2 is 2.05 bits per heavy atom. The monoisotopic (exact) mass is 293 g/mol. The molecule has 1 atom stereocenters. The van der Waals surface area contributed by atoms with Crippen LogP contribution in [0.4, 0.5) is 0 Å². The standard InChI is InChI=1S/C16H23NO4/c1-19-13-7-8-15(20-2)12(10-13)11-17-9-5-4-6-14(17)16(18)21-3/h7-8,10,14H,4-6,9,11H2,1-3H3. The third kappa shape index (κ3) is 3.67. The quantitative estimate of drug-likeness (QED) is 0.779. The number of benzene rings is 1. The average molecular weight is 293 g/mol. The van der Waals surface area contributed by atoms with E-state index in [4.69, 9.17) is 14.2 Å². The second-order valence-electron chi connectivity index (χ2n) is 5.18. The van der Waals surface area contributed by atoms with Crippen molar-refractivity contribution in [3.8, 4) is 11.5 Å². The van der Waals surface area contributed by atoms with Gasteiger partial charge in [-0.2, -0.15) is 0 Å². The minimum atomic E-state index is -0.167.